The Hall–Kier alpha value is -2.94. The van der Waals surface area contributed by atoms with Crippen molar-refractivity contribution in [3.8, 4) is 0 Å². The molecule has 0 saturated heterocycles. The van der Waals surface area contributed by atoms with Gasteiger partial charge in [-0.05, 0) is 34.5 Å². The van der Waals surface area contributed by atoms with E-state index in [1.54, 1.807) is 18.2 Å². The average Bonchev–Trinajstić information content (AvgIpc) is 2.55. The fraction of sp³-hybridized carbons (Fsp3) is 0. The number of hydrogen-bond donors (Lipinski definition) is 1. The van der Waals surface area contributed by atoms with Crippen molar-refractivity contribution < 1.29 is 9.18 Å². The van der Waals surface area contributed by atoms with Crippen molar-refractivity contribution in [2.75, 3.05) is 5.32 Å². The molecule has 3 aromatic rings. The molecule has 0 heterocycles. The Bertz CT molecular complexity index is 849. The van der Waals surface area contributed by atoms with Crippen molar-refractivity contribution in [3.63, 3.8) is 0 Å². The van der Waals surface area contributed by atoms with Crippen LogP contribution in [0, 0.1) is 5.82 Å². The first-order chi connectivity index (χ1) is 10.7. The molecule has 0 aliphatic heterocycles. The minimum absolute atomic E-state index is 0.176. The quantitative estimate of drug-likeness (QED) is 0.700. The summed E-state index contributed by atoms with van der Waals surface area (Å²) in [5.41, 5.74) is 1.12. The zero-order valence-corrected chi connectivity index (χ0v) is 11.8. The van der Waals surface area contributed by atoms with Gasteiger partial charge in [-0.1, -0.05) is 54.6 Å². The van der Waals surface area contributed by atoms with Crippen LogP contribution in [-0.2, 0) is 4.79 Å². The van der Waals surface area contributed by atoms with Crippen LogP contribution in [0.2, 0.25) is 0 Å². The van der Waals surface area contributed by atoms with Gasteiger partial charge in [0.05, 0.1) is 5.69 Å². The van der Waals surface area contributed by atoms with E-state index in [2.05, 4.69) is 5.32 Å². The van der Waals surface area contributed by atoms with Gasteiger partial charge in [0.2, 0.25) is 5.91 Å². The first kappa shape index (κ1) is 14.0. The van der Waals surface area contributed by atoms with E-state index in [1.165, 1.54) is 18.2 Å². The van der Waals surface area contributed by atoms with Crippen molar-refractivity contribution in [2.45, 2.75) is 0 Å². The van der Waals surface area contributed by atoms with Gasteiger partial charge in [0.25, 0.3) is 0 Å². The second-order valence-corrected chi connectivity index (χ2v) is 4.87. The van der Waals surface area contributed by atoms with Crippen LogP contribution >= 0.6 is 0 Å². The molecule has 3 aromatic carbocycles. The average molecular weight is 291 g/mol. The minimum Gasteiger partial charge on any atom is -0.320 e. The van der Waals surface area contributed by atoms with E-state index in [9.17, 15) is 9.18 Å². The molecule has 1 N–H and O–H groups in total. The van der Waals surface area contributed by atoms with Crippen LogP contribution in [0.15, 0.2) is 72.8 Å². The molecule has 3 heteroatoms. The van der Waals surface area contributed by atoms with Crippen molar-refractivity contribution in [3.05, 3.63) is 84.2 Å². The Balaban J connectivity index is 1.81. The molecular formula is C19H14FNO. The summed E-state index contributed by atoms with van der Waals surface area (Å²) < 4.78 is 13.5. The molecule has 0 saturated carbocycles. The summed E-state index contributed by atoms with van der Waals surface area (Å²) in [6.07, 6.45) is 3.15. The lowest BCUT2D eigenvalue weighted by Crippen LogP contribution is -2.08. The van der Waals surface area contributed by atoms with Gasteiger partial charge in [-0.3, -0.25) is 4.79 Å². The van der Waals surface area contributed by atoms with Gasteiger partial charge in [0.1, 0.15) is 5.82 Å². The highest BCUT2D eigenvalue weighted by Gasteiger charge is 2.03. The van der Waals surface area contributed by atoms with Gasteiger partial charge in [-0.25, -0.2) is 4.39 Å². The molecule has 0 bridgehead atoms. The number of carbonyl (C=O) groups is 1. The van der Waals surface area contributed by atoms with Gasteiger partial charge in [0.15, 0.2) is 0 Å². The molecule has 3 rings (SSSR count). The fourth-order valence-electron chi connectivity index (χ4n) is 2.30. The van der Waals surface area contributed by atoms with E-state index in [-0.39, 0.29) is 11.6 Å². The number of hydrogen-bond acceptors (Lipinski definition) is 1. The molecule has 0 aromatic heterocycles. The number of anilines is 1. The maximum Gasteiger partial charge on any atom is 0.248 e. The third-order valence-corrected chi connectivity index (χ3v) is 3.37. The molecule has 1 amide bonds. The van der Waals surface area contributed by atoms with Gasteiger partial charge < -0.3 is 5.32 Å². The second kappa shape index (κ2) is 6.22. The molecule has 0 aliphatic carbocycles. The van der Waals surface area contributed by atoms with Crippen LogP contribution < -0.4 is 5.32 Å². The smallest absolute Gasteiger partial charge is 0.248 e. The first-order valence-corrected chi connectivity index (χ1v) is 6.95. The normalized spacial score (nSPS) is 11.0. The molecule has 2 nitrogen and oxygen atoms in total. The highest BCUT2D eigenvalue weighted by atomic mass is 19.1. The topological polar surface area (TPSA) is 29.1 Å². The Morgan fingerprint density at radius 3 is 2.50 bits per heavy atom. The van der Waals surface area contributed by atoms with E-state index < -0.39 is 5.82 Å². The Morgan fingerprint density at radius 2 is 1.64 bits per heavy atom. The third kappa shape index (κ3) is 3.04. The largest absolute Gasteiger partial charge is 0.320 e. The highest BCUT2D eigenvalue weighted by Crippen LogP contribution is 2.19. The van der Waals surface area contributed by atoms with E-state index in [0.717, 1.165) is 16.3 Å². The zero-order chi connectivity index (χ0) is 15.4. The van der Waals surface area contributed by atoms with Crippen LogP contribution in [0.25, 0.3) is 16.8 Å². The Morgan fingerprint density at radius 1 is 0.909 bits per heavy atom. The summed E-state index contributed by atoms with van der Waals surface area (Å²) in [6, 6.07) is 19.9. The van der Waals surface area contributed by atoms with E-state index >= 15 is 0 Å². The molecule has 0 aliphatic rings. The maximum atomic E-state index is 13.5. The van der Waals surface area contributed by atoms with Crippen molar-refractivity contribution in [1.82, 2.24) is 0 Å². The van der Waals surface area contributed by atoms with Gasteiger partial charge in [0, 0.05) is 6.08 Å². The van der Waals surface area contributed by atoms with Crippen molar-refractivity contribution in [2.24, 2.45) is 0 Å². The maximum absolute atomic E-state index is 13.5. The summed E-state index contributed by atoms with van der Waals surface area (Å²) in [5.74, 6) is -0.813. The number of para-hydroxylation sites is 1. The van der Waals surface area contributed by atoms with Crippen molar-refractivity contribution >= 4 is 28.4 Å². The third-order valence-electron chi connectivity index (χ3n) is 3.37. The molecule has 22 heavy (non-hydrogen) atoms. The molecule has 0 atom stereocenters. The zero-order valence-electron chi connectivity index (χ0n) is 11.8. The number of halogens is 1. The summed E-state index contributed by atoms with van der Waals surface area (Å²) in [6.45, 7) is 0. The molecule has 0 spiro atoms. The lowest BCUT2D eigenvalue weighted by atomic mass is 10.0. The van der Waals surface area contributed by atoms with Crippen molar-refractivity contribution in [1.29, 1.82) is 0 Å². The SMILES string of the molecule is O=C(C=Cc1cccc2ccccc12)Nc1ccccc1F. The summed E-state index contributed by atoms with van der Waals surface area (Å²) in [4.78, 5) is 11.9. The highest BCUT2D eigenvalue weighted by molar-refractivity contribution is 6.03. The van der Waals surface area contributed by atoms with Gasteiger partial charge in [-0.15, -0.1) is 0 Å². The molecular weight excluding hydrogens is 277 g/mol. The van der Waals surface area contributed by atoms with Crippen LogP contribution in [0.1, 0.15) is 5.56 Å². The summed E-state index contributed by atoms with van der Waals surface area (Å²) in [5, 5.41) is 4.71. The number of rotatable bonds is 3. The monoisotopic (exact) mass is 291 g/mol. The standard InChI is InChI=1S/C19H14FNO/c20-17-10-3-4-11-18(17)21-19(22)13-12-15-8-5-7-14-6-1-2-9-16(14)15/h1-13H,(H,21,22). The molecule has 0 radical (unpaired) electrons. The minimum atomic E-state index is -0.450. The predicted octanol–water partition coefficient (Wildman–Crippen LogP) is 4.63. The van der Waals surface area contributed by atoms with Crippen LogP contribution in [-0.4, -0.2) is 5.91 Å². The Kier molecular flexibility index (Phi) is 3.97. The molecule has 0 unspecified atom stereocenters. The van der Waals surface area contributed by atoms with E-state index in [1.807, 2.05) is 42.5 Å². The van der Waals surface area contributed by atoms with Gasteiger partial charge >= 0.3 is 0 Å². The number of benzene rings is 3. The Labute approximate surface area is 127 Å². The van der Waals surface area contributed by atoms with E-state index in [0.29, 0.717) is 0 Å². The van der Waals surface area contributed by atoms with Crippen LogP contribution in [0.5, 0.6) is 0 Å². The lowest BCUT2D eigenvalue weighted by Gasteiger charge is -2.04. The van der Waals surface area contributed by atoms with Gasteiger partial charge in [-0.2, -0.15) is 0 Å². The first-order valence-electron chi connectivity index (χ1n) is 6.95. The van der Waals surface area contributed by atoms with Crippen LogP contribution in [0.4, 0.5) is 10.1 Å². The summed E-state index contributed by atoms with van der Waals surface area (Å²) in [7, 11) is 0. The fourth-order valence-corrected chi connectivity index (χ4v) is 2.30. The number of nitrogens with one attached hydrogen (secondary N) is 1. The lowest BCUT2D eigenvalue weighted by molar-refractivity contribution is -0.111. The molecule has 0 fully saturated rings. The predicted molar refractivity (Wildman–Crippen MR) is 88.0 cm³/mol. The molecule has 108 valence electrons. The number of carbonyl (C=O) groups excluding carboxylic acids is 1. The number of fused-ring (bicyclic) bond motifs is 1. The summed E-state index contributed by atoms with van der Waals surface area (Å²) >= 11 is 0. The van der Waals surface area contributed by atoms with Crippen LogP contribution in [0.3, 0.4) is 0 Å². The second-order valence-electron chi connectivity index (χ2n) is 4.87. The van der Waals surface area contributed by atoms with E-state index in [4.69, 9.17) is 0 Å². The number of amides is 1.